The molecule has 148 valence electrons. The molecule has 3 heteroatoms. The van der Waals surface area contributed by atoms with Crippen LogP contribution in [-0.4, -0.2) is 28.6 Å². The maximum absolute atomic E-state index is 8.91. The lowest BCUT2D eigenvalue weighted by atomic mass is 9.79. The molecule has 2 heterocycles. The van der Waals surface area contributed by atoms with Crippen LogP contribution in [0, 0.1) is 23.2 Å². The molecule has 2 aromatic rings. The summed E-state index contributed by atoms with van der Waals surface area (Å²) in [5.74, 6) is 1.79. The van der Waals surface area contributed by atoms with Crippen molar-refractivity contribution in [1.29, 1.82) is 5.26 Å². The summed E-state index contributed by atoms with van der Waals surface area (Å²) in [5.41, 5.74) is 2.46. The molecule has 0 spiro atoms. The molecule has 0 atom stereocenters. The molecule has 1 aromatic carbocycles. The number of likely N-dealkylation sites (tertiary alicyclic amines) is 1. The minimum absolute atomic E-state index is 0.567. The maximum atomic E-state index is 8.91. The number of nitrogens with zero attached hydrogens (tertiary/aromatic N) is 3. The third-order valence-corrected chi connectivity index (χ3v) is 7.20. The topological polar surface area (TPSA) is 32.0 Å². The molecule has 0 bridgehead atoms. The number of benzene rings is 1. The predicted octanol–water partition coefficient (Wildman–Crippen LogP) is 6.03. The SMILES string of the molecule is CC(C)[C@H]1CC[C@@H](N2CCC(n3cc(/C=C\C#N)c4ccccc43)CC2)CC1. The Morgan fingerprint density at radius 1 is 1.00 bits per heavy atom. The second-order valence-electron chi connectivity index (χ2n) is 9.05. The van der Waals surface area contributed by atoms with Crippen molar-refractivity contribution in [3.63, 3.8) is 0 Å². The third-order valence-electron chi connectivity index (χ3n) is 7.20. The molecule has 1 aliphatic heterocycles. The van der Waals surface area contributed by atoms with Gasteiger partial charge in [0.1, 0.15) is 0 Å². The van der Waals surface area contributed by atoms with Gasteiger partial charge in [-0.25, -0.2) is 0 Å². The second-order valence-corrected chi connectivity index (χ2v) is 9.05. The van der Waals surface area contributed by atoms with Gasteiger partial charge in [-0.2, -0.15) is 5.26 Å². The Balaban J connectivity index is 1.43. The molecule has 1 saturated carbocycles. The zero-order chi connectivity index (χ0) is 19.5. The summed E-state index contributed by atoms with van der Waals surface area (Å²) in [6.45, 7) is 7.21. The zero-order valence-electron chi connectivity index (χ0n) is 17.3. The fraction of sp³-hybridized carbons (Fsp3) is 0.560. The van der Waals surface area contributed by atoms with Crippen molar-refractivity contribution >= 4 is 17.0 Å². The van der Waals surface area contributed by atoms with Crippen molar-refractivity contribution in [1.82, 2.24) is 9.47 Å². The lowest BCUT2D eigenvalue weighted by Gasteiger charge is -2.42. The fourth-order valence-electron chi connectivity index (χ4n) is 5.46. The van der Waals surface area contributed by atoms with Gasteiger partial charge in [0, 0.05) is 53.9 Å². The summed E-state index contributed by atoms with van der Waals surface area (Å²) in [6, 6.07) is 12.1. The smallest absolute Gasteiger partial charge is 0.0912 e. The Morgan fingerprint density at radius 2 is 1.71 bits per heavy atom. The molecule has 2 aliphatic rings. The molecular formula is C25H33N3. The Morgan fingerprint density at radius 3 is 2.39 bits per heavy atom. The van der Waals surface area contributed by atoms with Crippen molar-refractivity contribution in [2.75, 3.05) is 13.1 Å². The van der Waals surface area contributed by atoms with E-state index in [-0.39, 0.29) is 0 Å². The van der Waals surface area contributed by atoms with Crippen LogP contribution in [0.15, 0.2) is 36.5 Å². The standard InChI is InChI=1S/C25H33N3/c1-19(2)20-9-11-22(12-10-20)27-16-13-23(14-17-27)28-18-21(6-5-15-26)24-7-3-4-8-25(24)28/h3-8,18-20,22-23H,9-14,16-17H2,1-2H3/b6-5-/t20-,22+. The number of para-hydroxylation sites is 1. The number of nitriles is 1. The summed E-state index contributed by atoms with van der Waals surface area (Å²) in [5, 5.41) is 10.2. The highest BCUT2D eigenvalue weighted by Gasteiger charge is 2.30. The quantitative estimate of drug-likeness (QED) is 0.611. The molecule has 1 aliphatic carbocycles. The molecule has 0 amide bonds. The van der Waals surface area contributed by atoms with Crippen LogP contribution in [0.1, 0.15) is 64.0 Å². The number of rotatable bonds is 4. The van der Waals surface area contributed by atoms with Gasteiger partial charge in [-0.3, -0.25) is 0 Å². The maximum Gasteiger partial charge on any atom is 0.0912 e. The van der Waals surface area contributed by atoms with Gasteiger partial charge in [0.25, 0.3) is 0 Å². The van der Waals surface area contributed by atoms with Crippen LogP contribution in [0.25, 0.3) is 17.0 Å². The van der Waals surface area contributed by atoms with E-state index in [0.29, 0.717) is 6.04 Å². The Kier molecular flexibility index (Phi) is 5.87. The highest BCUT2D eigenvalue weighted by molar-refractivity contribution is 5.89. The van der Waals surface area contributed by atoms with Gasteiger partial charge in [-0.15, -0.1) is 0 Å². The van der Waals surface area contributed by atoms with Crippen LogP contribution in [0.3, 0.4) is 0 Å². The van der Waals surface area contributed by atoms with Crippen LogP contribution in [0.2, 0.25) is 0 Å². The van der Waals surface area contributed by atoms with Gasteiger partial charge in [-0.05, 0) is 62.5 Å². The highest BCUT2D eigenvalue weighted by Crippen LogP contribution is 2.36. The number of hydrogen-bond donors (Lipinski definition) is 0. The van der Waals surface area contributed by atoms with E-state index in [9.17, 15) is 0 Å². The van der Waals surface area contributed by atoms with Gasteiger partial charge in [0.2, 0.25) is 0 Å². The van der Waals surface area contributed by atoms with E-state index < -0.39 is 0 Å². The molecule has 1 saturated heterocycles. The third kappa shape index (κ3) is 3.89. The van der Waals surface area contributed by atoms with Crippen molar-refractivity contribution in [2.45, 2.75) is 64.5 Å². The zero-order valence-corrected chi connectivity index (χ0v) is 17.3. The van der Waals surface area contributed by atoms with Crippen molar-refractivity contribution in [3.8, 4) is 6.07 Å². The predicted molar refractivity (Wildman–Crippen MR) is 117 cm³/mol. The van der Waals surface area contributed by atoms with Crippen LogP contribution < -0.4 is 0 Å². The molecule has 1 aromatic heterocycles. The molecule has 4 rings (SSSR count). The first-order valence-corrected chi connectivity index (χ1v) is 11.1. The van der Waals surface area contributed by atoms with E-state index in [0.717, 1.165) is 23.4 Å². The summed E-state index contributed by atoms with van der Waals surface area (Å²) < 4.78 is 2.47. The van der Waals surface area contributed by atoms with Crippen LogP contribution in [0.4, 0.5) is 0 Å². The number of fused-ring (bicyclic) bond motifs is 1. The second kappa shape index (κ2) is 8.53. The first-order chi connectivity index (χ1) is 13.7. The molecular weight excluding hydrogens is 342 g/mol. The fourth-order valence-corrected chi connectivity index (χ4v) is 5.46. The van der Waals surface area contributed by atoms with Crippen molar-refractivity contribution < 1.29 is 0 Å². The largest absolute Gasteiger partial charge is 0.344 e. The number of hydrogen-bond acceptors (Lipinski definition) is 2. The van der Waals surface area contributed by atoms with E-state index in [1.54, 1.807) is 6.08 Å². The normalized spacial score (nSPS) is 24.9. The molecule has 0 radical (unpaired) electrons. The number of piperidine rings is 1. The van der Waals surface area contributed by atoms with E-state index >= 15 is 0 Å². The molecule has 2 fully saturated rings. The first-order valence-electron chi connectivity index (χ1n) is 11.1. The average Bonchev–Trinajstić information content (AvgIpc) is 3.11. The highest BCUT2D eigenvalue weighted by atomic mass is 15.2. The van der Waals surface area contributed by atoms with Crippen LogP contribution in [-0.2, 0) is 0 Å². The summed E-state index contributed by atoms with van der Waals surface area (Å²) >= 11 is 0. The lowest BCUT2D eigenvalue weighted by Crippen LogP contribution is -2.43. The Hall–Kier alpha value is -2.05. The summed E-state index contributed by atoms with van der Waals surface area (Å²) in [7, 11) is 0. The Bertz CT molecular complexity index is 854. The van der Waals surface area contributed by atoms with Crippen LogP contribution in [0.5, 0.6) is 0 Å². The summed E-state index contributed by atoms with van der Waals surface area (Å²) in [6.07, 6.45) is 13.9. The molecule has 0 N–H and O–H groups in total. The monoisotopic (exact) mass is 375 g/mol. The number of aromatic nitrogens is 1. The molecule has 28 heavy (non-hydrogen) atoms. The first kappa shape index (κ1) is 19.3. The minimum atomic E-state index is 0.567. The minimum Gasteiger partial charge on any atom is -0.344 e. The molecule has 0 unspecified atom stereocenters. The van der Waals surface area contributed by atoms with E-state index in [1.807, 2.05) is 6.08 Å². The van der Waals surface area contributed by atoms with Gasteiger partial charge in [-0.1, -0.05) is 32.0 Å². The average molecular weight is 376 g/mol. The van der Waals surface area contributed by atoms with E-state index in [1.165, 1.54) is 62.5 Å². The van der Waals surface area contributed by atoms with Crippen LogP contribution >= 0.6 is 0 Å². The van der Waals surface area contributed by atoms with Gasteiger partial charge in [0.05, 0.1) is 6.07 Å². The van der Waals surface area contributed by atoms with E-state index in [4.69, 9.17) is 5.26 Å². The van der Waals surface area contributed by atoms with Crippen molar-refractivity contribution in [2.24, 2.45) is 11.8 Å². The lowest BCUT2D eigenvalue weighted by molar-refractivity contribution is 0.0894. The van der Waals surface area contributed by atoms with Gasteiger partial charge >= 0.3 is 0 Å². The summed E-state index contributed by atoms with van der Waals surface area (Å²) in [4.78, 5) is 2.77. The van der Waals surface area contributed by atoms with Gasteiger partial charge < -0.3 is 9.47 Å². The van der Waals surface area contributed by atoms with Crippen molar-refractivity contribution in [3.05, 3.63) is 42.1 Å². The Labute approximate surface area is 169 Å². The molecule has 3 nitrogen and oxygen atoms in total. The number of allylic oxidation sites excluding steroid dienone is 1. The van der Waals surface area contributed by atoms with Gasteiger partial charge in [0.15, 0.2) is 0 Å². The van der Waals surface area contributed by atoms with E-state index in [2.05, 4.69) is 59.8 Å².